The second-order valence-corrected chi connectivity index (χ2v) is 7.40. The molecule has 2 aliphatic rings. The molecule has 0 radical (unpaired) electrons. The Morgan fingerprint density at radius 1 is 1.18 bits per heavy atom. The van der Waals surface area contributed by atoms with Crippen molar-refractivity contribution in [3.8, 4) is 0 Å². The molecule has 0 spiro atoms. The monoisotopic (exact) mass is 314 g/mol. The number of benzene rings is 1. The van der Waals surface area contributed by atoms with Crippen molar-refractivity contribution < 1.29 is 9.59 Å². The third-order valence-electron chi connectivity index (χ3n) is 4.94. The molecule has 2 fully saturated rings. The summed E-state index contributed by atoms with van der Waals surface area (Å²) in [5.74, 6) is 0.607. The van der Waals surface area contributed by atoms with Crippen molar-refractivity contribution in [1.29, 1.82) is 0 Å². The van der Waals surface area contributed by atoms with Gasteiger partial charge in [0.15, 0.2) is 5.13 Å². The van der Waals surface area contributed by atoms with Crippen LogP contribution in [0.15, 0.2) is 24.3 Å². The molecule has 4 nitrogen and oxygen atoms in total. The number of anilines is 1. The van der Waals surface area contributed by atoms with Crippen molar-refractivity contribution in [2.75, 3.05) is 5.32 Å². The minimum Gasteiger partial charge on any atom is -0.302 e. The second kappa shape index (κ2) is 5.47. The molecule has 1 aromatic carbocycles. The summed E-state index contributed by atoms with van der Waals surface area (Å²) in [7, 11) is 0. The number of carbonyl (C=O) groups excluding carboxylic acids is 2. The molecule has 2 bridgehead atoms. The van der Waals surface area contributed by atoms with Crippen LogP contribution >= 0.6 is 11.3 Å². The van der Waals surface area contributed by atoms with Crippen LogP contribution in [0.1, 0.15) is 32.1 Å². The lowest BCUT2D eigenvalue weighted by Crippen LogP contribution is -2.40. The largest absolute Gasteiger partial charge is 0.302 e. The zero-order chi connectivity index (χ0) is 15.1. The number of hydrogen-bond acceptors (Lipinski definition) is 4. The highest BCUT2D eigenvalue weighted by molar-refractivity contribution is 7.22. The number of nitrogens with zero attached hydrogens (tertiary/aromatic N) is 1. The van der Waals surface area contributed by atoms with E-state index in [9.17, 15) is 9.59 Å². The van der Waals surface area contributed by atoms with E-state index in [0.717, 1.165) is 29.5 Å². The van der Waals surface area contributed by atoms with Crippen LogP contribution in [0.5, 0.6) is 0 Å². The van der Waals surface area contributed by atoms with Crippen LogP contribution in [0.3, 0.4) is 0 Å². The van der Waals surface area contributed by atoms with Crippen molar-refractivity contribution in [2.45, 2.75) is 32.1 Å². The maximum Gasteiger partial charge on any atom is 0.229 e. The number of fused-ring (bicyclic) bond motifs is 3. The van der Waals surface area contributed by atoms with Gasteiger partial charge in [0.25, 0.3) is 0 Å². The van der Waals surface area contributed by atoms with Gasteiger partial charge in [-0.3, -0.25) is 9.59 Å². The number of thiazole rings is 1. The summed E-state index contributed by atoms with van der Waals surface area (Å²) in [4.78, 5) is 29.1. The van der Waals surface area contributed by atoms with Gasteiger partial charge in [-0.05, 0) is 37.8 Å². The zero-order valence-corrected chi connectivity index (χ0v) is 13.1. The molecule has 2 aliphatic carbocycles. The van der Waals surface area contributed by atoms with E-state index in [4.69, 9.17) is 0 Å². The summed E-state index contributed by atoms with van der Waals surface area (Å²) in [5, 5.41) is 3.62. The maximum absolute atomic E-state index is 12.5. The summed E-state index contributed by atoms with van der Waals surface area (Å²) < 4.78 is 1.08. The Morgan fingerprint density at radius 2 is 1.91 bits per heavy atom. The Bertz CT molecular complexity index is 690. The smallest absolute Gasteiger partial charge is 0.229 e. The molecule has 1 unspecified atom stereocenters. The van der Waals surface area contributed by atoms with E-state index in [1.165, 1.54) is 11.3 Å². The van der Waals surface area contributed by atoms with Crippen LogP contribution in [0.25, 0.3) is 10.2 Å². The first kappa shape index (κ1) is 13.9. The van der Waals surface area contributed by atoms with E-state index in [1.54, 1.807) is 0 Å². The zero-order valence-electron chi connectivity index (χ0n) is 12.2. The molecule has 4 rings (SSSR count). The first-order chi connectivity index (χ1) is 10.7. The van der Waals surface area contributed by atoms with Crippen molar-refractivity contribution in [3.63, 3.8) is 0 Å². The molecule has 2 aromatic rings. The lowest BCUT2D eigenvalue weighted by molar-refractivity contribution is -0.136. The van der Waals surface area contributed by atoms with Crippen LogP contribution in [0.2, 0.25) is 0 Å². The fourth-order valence-corrected chi connectivity index (χ4v) is 4.70. The molecule has 1 N–H and O–H groups in total. The van der Waals surface area contributed by atoms with Gasteiger partial charge in [0.1, 0.15) is 5.78 Å². The van der Waals surface area contributed by atoms with Crippen molar-refractivity contribution in [1.82, 2.24) is 4.98 Å². The molecule has 1 heterocycles. The molecule has 2 saturated carbocycles. The highest BCUT2D eigenvalue weighted by Gasteiger charge is 2.41. The fourth-order valence-electron chi connectivity index (χ4n) is 3.83. The van der Waals surface area contributed by atoms with Crippen molar-refractivity contribution in [2.24, 2.45) is 17.8 Å². The number of Topliss-reactive ketones (excluding diaryl/α,β-unsaturated/α-hetero) is 1. The average Bonchev–Trinajstić information content (AvgIpc) is 2.88. The fraction of sp³-hybridized carbons (Fsp3) is 0.471. The van der Waals surface area contributed by atoms with Gasteiger partial charge >= 0.3 is 0 Å². The molecule has 0 aliphatic heterocycles. The minimum atomic E-state index is -0.0417. The van der Waals surface area contributed by atoms with Gasteiger partial charge in [0, 0.05) is 17.8 Å². The Labute approximate surface area is 132 Å². The molecule has 5 heteroatoms. The number of nitrogens with one attached hydrogen (secondary N) is 1. The topological polar surface area (TPSA) is 59.1 Å². The lowest BCUT2D eigenvalue weighted by Gasteiger charge is -2.36. The van der Waals surface area contributed by atoms with E-state index in [1.807, 2.05) is 24.3 Å². The van der Waals surface area contributed by atoms with Crippen molar-refractivity contribution in [3.05, 3.63) is 24.3 Å². The quantitative estimate of drug-likeness (QED) is 0.921. The van der Waals surface area contributed by atoms with Crippen LogP contribution in [-0.4, -0.2) is 16.7 Å². The number of ketones is 1. The first-order valence-corrected chi connectivity index (χ1v) is 8.72. The predicted molar refractivity (Wildman–Crippen MR) is 86.8 cm³/mol. The van der Waals surface area contributed by atoms with Gasteiger partial charge < -0.3 is 5.32 Å². The highest BCUT2D eigenvalue weighted by Crippen LogP contribution is 2.40. The molecule has 1 amide bonds. The molecular weight excluding hydrogens is 296 g/mol. The normalized spacial score (nSPS) is 27.8. The van der Waals surface area contributed by atoms with Gasteiger partial charge in [0.2, 0.25) is 5.91 Å². The predicted octanol–water partition coefficient (Wildman–Crippen LogP) is 3.63. The van der Waals surface area contributed by atoms with Crippen LogP contribution in [-0.2, 0) is 9.59 Å². The molecule has 0 saturated heterocycles. The number of rotatable bonds is 2. The lowest BCUT2D eigenvalue weighted by atomic mass is 9.67. The highest BCUT2D eigenvalue weighted by atomic mass is 32.1. The molecule has 3 atom stereocenters. The van der Waals surface area contributed by atoms with Gasteiger partial charge in [-0.25, -0.2) is 4.98 Å². The van der Waals surface area contributed by atoms with Gasteiger partial charge in [-0.2, -0.15) is 0 Å². The number of carbonyl (C=O) groups is 2. The van der Waals surface area contributed by atoms with E-state index in [0.29, 0.717) is 23.8 Å². The molecule has 114 valence electrons. The molecule has 1 aromatic heterocycles. The Hall–Kier alpha value is -1.75. The summed E-state index contributed by atoms with van der Waals surface area (Å²) in [5.41, 5.74) is 0.915. The number of hydrogen-bond donors (Lipinski definition) is 1. The number of para-hydroxylation sites is 1. The second-order valence-electron chi connectivity index (χ2n) is 6.37. The summed E-state index contributed by atoms with van der Waals surface area (Å²) in [6, 6.07) is 7.87. The Balaban J connectivity index is 1.49. The molecule has 22 heavy (non-hydrogen) atoms. The SMILES string of the molecule is O=C(Nc1nc2ccccc2s1)C1C[C@H]2CCC[C@@H](C1)C2=O. The van der Waals surface area contributed by atoms with Gasteiger partial charge in [0.05, 0.1) is 10.2 Å². The Morgan fingerprint density at radius 3 is 2.64 bits per heavy atom. The summed E-state index contributed by atoms with van der Waals surface area (Å²) in [6.45, 7) is 0. The van der Waals surface area contributed by atoms with E-state index in [-0.39, 0.29) is 23.7 Å². The first-order valence-electron chi connectivity index (χ1n) is 7.91. The number of amides is 1. The summed E-state index contributed by atoms with van der Waals surface area (Å²) in [6.07, 6.45) is 4.48. The average molecular weight is 314 g/mol. The third-order valence-corrected chi connectivity index (χ3v) is 5.89. The van der Waals surface area contributed by atoms with Gasteiger partial charge in [-0.1, -0.05) is 29.9 Å². The van der Waals surface area contributed by atoms with Crippen LogP contribution in [0, 0.1) is 17.8 Å². The van der Waals surface area contributed by atoms with E-state index in [2.05, 4.69) is 10.3 Å². The summed E-state index contributed by atoms with van der Waals surface area (Å²) >= 11 is 1.50. The standard InChI is InChI=1S/C17H18N2O2S/c20-15-10-4-3-5-11(15)9-12(8-10)16(21)19-17-18-13-6-1-2-7-14(13)22-17/h1-2,6-7,10-12H,3-5,8-9H2,(H,18,19,21)/t10-,11+,12?. The van der Waals surface area contributed by atoms with E-state index >= 15 is 0 Å². The third kappa shape index (κ3) is 2.43. The number of aromatic nitrogens is 1. The maximum atomic E-state index is 12.5. The van der Waals surface area contributed by atoms with E-state index < -0.39 is 0 Å². The van der Waals surface area contributed by atoms with Gasteiger partial charge in [-0.15, -0.1) is 0 Å². The Kier molecular flexibility index (Phi) is 3.45. The van der Waals surface area contributed by atoms with Crippen molar-refractivity contribution >= 4 is 38.4 Å². The van der Waals surface area contributed by atoms with Crippen LogP contribution in [0.4, 0.5) is 5.13 Å². The molecular formula is C17H18N2O2S. The minimum absolute atomic E-state index is 0.0310. The van der Waals surface area contributed by atoms with Crippen LogP contribution < -0.4 is 5.32 Å².